The highest BCUT2D eigenvalue weighted by Gasteiger charge is 2.34. The normalized spacial score (nSPS) is 17.2. The molecule has 0 radical (unpaired) electrons. The smallest absolute Gasteiger partial charge is 0.250 e. The van der Waals surface area contributed by atoms with E-state index in [0.717, 1.165) is 21.8 Å². The molecule has 1 atom stereocenters. The Bertz CT molecular complexity index is 1270. The van der Waals surface area contributed by atoms with Crippen molar-refractivity contribution in [1.29, 1.82) is 0 Å². The van der Waals surface area contributed by atoms with Crippen molar-refractivity contribution in [2.24, 2.45) is 0 Å². The minimum Gasteiger partial charge on any atom is -0.454 e. The summed E-state index contributed by atoms with van der Waals surface area (Å²) in [6.45, 7) is 4.85. The highest BCUT2D eigenvalue weighted by molar-refractivity contribution is 7.15. The predicted molar refractivity (Wildman–Crippen MR) is 126 cm³/mol. The molecule has 3 aromatic rings. The monoisotopic (exact) mass is 462 g/mol. The Kier molecular flexibility index (Phi) is 5.55. The SMILES string of the molecule is Cc1ccc(N2CC(c3nnc(NC(=O)/C=C/c4ccc5c(c4)OCO5)s3)CC2=O)cc1C. The second-order valence-corrected chi connectivity index (χ2v) is 9.06. The lowest BCUT2D eigenvalue weighted by Crippen LogP contribution is -2.24. The van der Waals surface area contributed by atoms with Gasteiger partial charge in [-0.25, -0.2) is 0 Å². The maximum Gasteiger partial charge on any atom is 0.250 e. The standard InChI is InChI=1S/C24H22N4O4S/c1-14-3-6-18(9-15(14)2)28-12-17(11-22(28)30)23-26-27-24(33-23)25-21(29)8-5-16-4-7-19-20(10-16)32-13-31-19/h3-10,17H,11-13H2,1-2H3,(H,25,27,29)/b8-5+. The third kappa shape index (κ3) is 4.45. The summed E-state index contributed by atoms with van der Waals surface area (Å²) in [5, 5.41) is 12.2. The van der Waals surface area contributed by atoms with Crippen LogP contribution in [0.4, 0.5) is 10.8 Å². The molecule has 1 fully saturated rings. The van der Waals surface area contributed by atoms with Crippen LogP contribution in [0.25, 0.3) is 6.08 Å². The maximum atomic E-state index is 12.6. The molecule has 33 heavy (non-hydrogen) atoms. The number of hydrogen-bond acceptors (Lipinski definition) is 7. The molecule has 3 heterocycles. The Hall–Kier alpha value is -3.72. The first kappa shape index (κ1) is 21.1. The molecule has 0 saturated carbocycles. The predicted octanol–water partition coefficient (Wildman–Crippen LogP) is 4.06. The van der Waals surface area contributed by atoms with Gasteiger partial charge < -0.3 is 14.4 Å². The van der Waals surface area contributed by atoms with Crippen molar-refractivity contribution in [3.05, 3.63) is 64.2 Å². The molecule has 2 amide bonds. The largest absolute Gasteiger partial charge is 0.454 e. The lowest BCUT2D eigenvalue weighted by atomic mass is 10.1. The van der Waals surface area contributed by atoms with Gasteiger partial charge in [-0.2, -0.15) is 0 Å². The number of carbonyl (C=O) groups is 2. The number of amides is 2. The van der Waals surface area contributed by atoms with Crippen molar-refractivity contribution in [3.63, 3.8) is 0 Å². The fourth-order valence-corrected chi connectivity index (χ4v) is 4.64. The second kappa shape index (κ2) is 8.67. The van der Waals surface area contributed by atoms with Crippen molar-refractivity contribution < 1.29 is 19.1 Å². The zero-order chi connectivity index (χ0) is 22.9. The highest BCUT2D eigenvalue weighted by atomic mass is 32.1. The Morgan fingerprint density at radius 2 is 1.97 bits per heavy atom. The van der Waals surface area contributed by atoms with Gasteiger partial charge in [0.25, 0.3) is 0 Å². The van der Waals surface area contributed by atoms with Crippen LogP contribution >= 0.6 is 11.3 Å². The molecule has 9 heteroatoms. The summed E-state index contributed by atoms with van der Waals surface area (Å²) >= 11 is 1.30. The average molecular weight is 463 g/mol. The van der Waals surface area contributed by atoms with Crippen LogP contribution in [-0.2, 0) is 9.59 Å². The highest BCUT2D eigenvalue weighted by Crippen LogP contribution is 2.35. The van der Waals surface area contributed by atoms with Crippen LogP contribution in [0.5, 0.6) is 11.5 Å². The molecular formula is C24H22N4O4S. The molecule has 2 aliphatic heterocycles. The summed E-state index contributed by atoms with van der Waals surface area (Å²) in [7, 11) is 0. The van der Waals surface area contributed by atoms with Crippen LogP contribution in [0.15, 0.2) is 42.5 Å². The van der Waals surface area contributed by atoms with E-state index in [0.29, 0.717) is 29.6 Å². The third-order valence-corrected chi connectivity index (χ3v) is 6.77. The summed E-state index contributed by atoms with van der Waals surface area (Å²) in [6.07, 6.45) is 3.50. The number of fused-ring (bicyclic) bond motifs is 1. The Morgan fingerprint density at radius 1 is 1.12 bits per heavy atom. The van der Waals surface area contributed by atoms with E-state index >= 15 is 0 Å². The summed E-state index contributed by atoms with van der Waals surface area (Å²) in [6, 6.07) is 11.5. The van der Waals surface area contributed by atoms with Gasteiger partial charge >= 0.3 is 0 Å². The maximum absolute atomic E-state index is 12.6. The molecule has 1 saturated heterocycles. The summed E-state index contributed by atoms with van der Waals surface area (Å²) in [5.41, 5.74) is 4.07. The Labute approximate surface area is 194 Å². The lowest BCUT2D eigenvalue weighted by Gasteiger charge is -2.17. The molecule has 1 unspecified atom stereocenters. The first-order valence-electron chi connectivity index (χ1n) is 10.6. The first-order valence-corrected chi connectivity index (χ1v) is 11.4. The summed E-state index contributed by atoms with van der Waals surface area (Å²) in [5.74, 6) is 1.06. The molecule has 2 aliphatic rings. The molecule has 8 nitrogen and oxygen atoms in total. The number of nitrogens with zero attached hydrogens (tertiary/aromatic N) is 3. The van der Waals surface area contributed by atoms with E-state index in [-0.39, 0.29) is 24.5 Å². The molecule has 0 aliphatic carbocycles. The van der Waals surface area contributed by atoms with Crippen molar-refractivity contribution in [2.75, 3.05) is 23.6 Å². The van der Waals surface area contributed by atoms with E-state index < -0.39 is 0 Å². The number of carbonyl (C=O) groups excluding carboxylic acids is 2. The van der Waals surface area contributed by atoms with E-state index in [2.05, 4.69) is 22.4 Å². The number of nitrogens with one attached hydrogen (secondary N) is 1. The zero-order valence-electron chi connectivity index (χ0n) is 18.2. The summed E-state index contributed by atoms with van der Waals surface area (Å²) in [4.78, 5) is 26.7. The molecular weight excluding hydrogens is 440 g/mol. The third-order valence-electron chi connectivity index (χ3n) is 5.77. The first-order chi connectivity index (χ1) is 16.0. The topological polar surface area (TPSA) is 93.7 Å². The molecule has 0 spiro atoms. The number of ether oxygens (including phenoxy) is 2. The minimum atomic E-state index is -0.311. The number of aromatic nitrogens is 2. The van der Waals surface area contributed by atoms with E-state index in [4.69, 9.17) is 9.47 Å². The quantitative estimate of drug-likeness (QED) is 0.575. The molecule has 0 bridgehead atoms. The van der Waals surface area contributed by atoms with E-state index in [9.17, 15) is 9.59 Å². The number of hydrogen-bond donors (Lipinski definition) is 1. The van der Waals surface area contributed by atoms with Gasteiger partial charge in [0, 0.05) is 30.6 Å². The van der Waals surface area contributed by atoms with Crippen molar-refractivity contribution in [3.8, 4) is 11.5 Å². The molecule has 2 aromatic carbocycles. The number of aryl methyl sites for hydroxylation is 2. The number of rotatable bonds is 5. The summed E-state index contributed by atoms with van der Waals surface area (Å²) < 4.78 is 10.6. The fraction of sp³-hybridized carbons (Fsp3) is 0.250. The lowest BCUT2D eigenvalue weighted by molar-refractivity contribution is -0.117. The van der Waals surface area contributed by atoms with Gasteiger partial charge in [-0.15, -0.1) is 10.2 Å². The van der Waals surface area contributed by atoms with Crippen LogP contribution in [0.3, 0.4) is 0 Å². The van der Waals surface area contributed by atoms with E-state index in [1.807, 2.05) is 37.3 Å². The molecule has 5 rings (SSSR count). The van der Waals surface area contributed by atoms with Crippen LogP contribution in [0.1, 0.15) is 34.0 Å². The fourth-order valence-electron chi connectivity index (χ4n) is 3.80. The van der Waals surface area contributed by atoms with Crippen molar-refractivity contribution >= 4 is 40.0 Å². The number of benzene rings is 2. The van der Waals surface area contributed by atoms with Crippen LogP contribution < -0.4 is 19.7 Å². The van der Waals surface area contributed by atoms with Crippen LogP contribution in [-0.4, -0.2) is 35.3 Å². The van der Waals surface area contributed by atoms with Gasteiger partial charge in [0.15, 0.2) is 11.5 Å². The van der Waals surface area contributed by atoms with Gasteiger partial charge in [0.1, 0.15) is 5.01 Å². The zero-order valence-corrected chi connectivity index (χ0v) is 19.0. The van der Waals surface area contributed by atoms with Gasteiger partial charge in [-0.05, 0) is 60.9 Å². The Balaban J connectivity index is 1.21. The second-order valence-electron chi connectivity index (χ2n) is 8.05. The average Bonchev–Trinajstić information content (AvgIpc) is 3.53. The van der Waals surface area contributed by atoms with Gasteiger partial charge in [-0.1, -0.05) is 23.5 Å². The number of anilines is 2. The van der Waals surface area contributed by atoms with Crippen LogP contribution in [0.2, 0.25) is 0 Å². The molecule has 1 aromatic heterocycles. The van der Waals surface area contributed by atoms with Crippen molar-refractivity contribution in [1.82, 2.24) is 10.2 Å². The van der Waals surface area contributed by atoms with Gasteiger partial charge in [-0.3, -0.25) is 14.9 Å². The van der Waals surface area contributed by atoms with Crippen LogP contribution in [0, 0.1) is 13.8 Å². The molecule has 1 N–H and O–H groups in total. The van der Waals surface area contributed by atoms with E-state index in [1.54, 1.807) is 17.0 Å². The molecule has 168 valence electrons. The Morgan fingerprint density at radius 3 is 2.82 bits per heavy atom. The van der Waals surface area contributed by atoms with Gasteiger partial charge in [0.05, 0.1) is 0 Å². The van der Waals surface area contributed by atoms with Gasteiger partial charge in [0.2, 0.25) is 23.7 Å². The van der Waals surface area contributed by atoms with E-state index in [1.165, 1.54) is 23.0 Å². The minimum absolute atomic E-state index is 0.0496. The van der Waals surface area contributed by atoms with Crippen molar-refractivity contribution in [2.45, 2.75) is 26.2 Å².